The maximum Gasteiger partial charge on any atom is 0.340 e. The Morgan fingerprint density at radius 1 is 1.63 bits per heavy atom. The summed E-state index contributed by atoms with van der Waals surface area (Å²) in [6, 6.07) is 3.61. The van der Waals surface area contributed by atoms with Crippen LogP contribution < -0.4 is 0 Å². The van der Waals surface area contributed by atoms with Gasteiger partial charge in [-0.25, -0.2) is 9.78 Å². The van der Waals surface area contributed by atoms with Gasteiger partial charge in [-0.3, -0.25) is 0 Å². The average molecular weight is 279 g/mol. The predicted octanol–water partition coefficient (Wildman–Crippen LogP) is 3.44. The van der Waals surface area contributed by atoms with Gasteiger partial charge >= 0.3 is 5.97 Å². The van der Waals surface area contributed by atoms with Crippen molar-refractivity contribution in [1.29, 1.82) is 0 Å². The van der Waals surface area contributed by atoms with Gasteiger partial charge in [-0.1, -0.05) is 22.8 Å². The summed E-state index contributed by atoms with van der Waals surface area (Å²) in [5, 5.41) is 3.56. The van der Waals surface area contributed by atoms with E-state index in [0.29, 0.717) is 11.5 Å². The highest BCUT2D eigenvalue weighted by Crippen LogP contribution is 2.39. The third kappa shape index (κ3) is 3.24. The lowest BCUT2D eigenvalue weighted by molar-refractivity contribution is -0.136. The molecule has 0 radical (unpaired) electrons. The summed E-state index contributed by atoms with van der Waals surface area (Å²) in [6.45, 7) is 0. The zero-order chi connectivity index (χ0) is 13.8. The van der Waals surface area contributed by atoms with E-state index in [2.05, 4.69) is 19.7 Å². The highest BCUT2D eigenvalue weighted by atomic mass is 35.5. The lowest BCUT2D eigenvalue weighted by Crippen LogP contribution is -2.02. The molecule has 0 saturated heterocycles. The van der Waals surface area contributed by atoms with Crippen LogP contribution in [0.15, 0.2) is 22.9 Å². The second-order valence-corrected chi connectivity index (χ2v) is 4.46. The Kier molecular flexibility index (Phi) is 4.04. The van der Waals surface area contributed by atoms with Gasteiger partial charge < -0.3 is 4.74 Å². The van der Waals surface area contributed by atoms with E-state index >= 15 is 0 Å². The second-order valence-electron chi connectivity index (χ2n) is 4.10. The number of aromatic nitrogens is 1. The van der Waals surface area contributed by atoms with Gasteiger partial charge in [0.1, 0.15) is 10.9 Å². The van der Waals surface area contributed by atoms with Crippen LogP contribution in [0.2, 0.25) is 5.15 Å². The van der Waals surface area contributed by atoms with E-state index in [9.17, 15) is 4.79 Å². The van der Waals surface area contributed by atoms with Crippen molar-refractivity contribution in [2.75, 3.05) is 7.11 Å². The first-order chi connectivity index (χ1) is 9.15. The average Bonchev–Trinajstić information content (AvgIpc) is 3.23. The fourth-order valence-electron chi connectivity index (χ4n) is 1.60. The molecule has 0 aliphatic heterocycles. The van der Waals surface area contributed by atoms with Crippen molar-refractivity contribution in [3.8, 4) is 0 Å². The zero-order valence-corrected chi connectivity index (χ0v) is 11.0. The Morgan fingerprint density at radius 3 is 2.89 bits per heavy atom. The minimum absolute atomic E-state index is 0.159. The highest BCUT2D eigenvalue weighted by molar-refractivity contribution is 6.31. The molecular weight excluding hydrogens is 268 g/mol. The van der Waals surface area contributed by atoms with Gasteiger partial charge in [-0.05, 0) is 30.5 Å². The van der Waals surface area contributed by atoms with E-state index in [1.165, 1.54) is 13.2 Å². The monoisotopic (exact) mass is 278 g/mol. The van der Waals surface area contributed by atoms with Gasteiger partial charge in [0.2, 0.25) is 0 Å². The van der Waals surface area contributed by atoms with Crippen molar-refractivity contribution >= 4 is 23.6 Å². The minimum atomic E-state index is -0.722. The lowest BCUT2D eigenvalue weighted by atomic mass is 10.2. The number of halogens is 1. The number of rotatable bonds is 4. The lowest BCUT2D eigenvalue weighted by Gasteiger charge is -2.03. The van der Waals surface area contributed by atoms with E-state index in [0.717, 1.165) is 18.5 Å². The molecule has 0 amide bonds. The molecule has 6 nitrogen and oxygen atoms in total. The van der Waals surface area contributed by atoms with Crippen molar-refractivity contribution in [2.45, 2.75) is 18.8 Å². The predicted molar refractivity (Wildman–Crippen MR) is 70.4 cm³/mol. The van der Waals surface area contributed by atoms with Gasteiger partial charge in [0.05, 0.1) is 7.11 Å². The summed E-state index contributed by atoms with van der Waals surface area (Å²) >= 11 is 6.05. The third-order valence-electron chi connectivity index (χ3n) is 2.73. The maximum absolute atomic E-state index is 11.4. The summed E-state index contributed by atoms with van der Waals surface area (Å²) in [5.41, 5.74) is 9.72. The van der Waals surface area contributed by atoms with Gasteiger partial charge in [-0.2, -0.15) is 0 Å². The molecule has 19 heavy (non-hydrogen) atoms. The summed E-state index contributed by atoms with van der Waals surface area (Å²) < 4.78 is 4.51. The molecule has 0 unspecified atom stereocenters. The molecule has 1 aliphatic carbocycles. The summed E-state index contributed by atoms with van der Waals surface area (Å²) in [6.07, 6.45) is 3.62. The van der Waals surface area contributed by atoms with Crippen molar-refractivity contribution in [1.82, 2.24) is 4.98 Å². The van der Waals surface area contributed by atoms with Gasteiger partial charge in [0.25, 0.3) is 0 Å². The van der Waals surface area contributed by atoms with Crippen LogP contribution in [0.4, 0.5) is 0 Å². The van der Waals surface area contributed by atoms with E-state index in [-0.39, 0.29) is 10.9 Å². The first-order valence-electron chi connectivity index (χ1n) is 5.67. The molecular formula is C12H11ClN4O2. The number of azide groups is 1. The van der Waals surface area contributed by atoms with Gasteiger partial charge in [0.15, 0.2) is 0 Å². The third-order valence-corrected chi connectivity index (χ3v) is 3.04. The number of ether oxygens (including phenoxy) is 1. The van der Waals surface area contributed by atoms with Crippen LogP contribution in [-0.2, 0) is 9.53 Å². The van der Waals surface area contributed by atoms with Crippen LogP contribution in [0.5, 0.6) is 0 Å². The van der Waals surface area contributed by atoms with Crippen LogP contribution in [-0.4, -0.2) is 18.1 Å². The van der Waals surface area contributed by atoms with E-state index in [1.807, 2.05) is 6.07 Å². The molecule has 0 N–H and O–H groups in total. The quantitative estimate of drug-likeness (QED) is 0.211. The van der Waals surface area contributed by atoms with Crippen LogP contribution in [0, 0.1) is 0 Å². The van der Waals surface area contributed by atoms with Crippen LogP contribution in [0.25, 0.3) is 16.5 Å². The molecule has 1 aromatic rings. The number of methoxy groups -OCH3 is 1. The fraction of sp³-hybridized carbons (Fsp3) is 0.333. The number of esters is 1. The molecule has 98 valence electrons. The highest BCUT2D eigenvalue weighted by Gasteiger charge is 2.25. The molecule has 1 fully saturated rings. The number of hydrogen-bond donors (Lipinski definition) is 0. The minimum Gasteiger partial charge on any atom is -0.466 e. The van der Waals surface area contributed by atoms with Crippen molar-refractivity contribution in [3.05, 3.63) is 44.7 Å². The van der Waals surface area contributed by atoms with Crippen molar-refractivity contribution in [2.24, 2.45) is 5.11 Å². The Balaban J connectivity index is 2.34. The number of hydrogen-bond acceptors (Lipinski definition) is 4. The van der Waals surface area contributed by atoms with Crippen molar-refractivity contribution < 1.29 is 9.53 Å². The maximum atomic E-state index is 11.4. The Hall–Kier alpha value is -2.04. The molecule has 2 rings (SSSR count). The van der Waals surface area contributed by atoms with Crippen LogP contribution in [0.3, 0.4) is 0 Å². The Labute approximate surface area is 114 Å². The molecule has 1 aliphatic rings. The largest absolute Gasteiger partial charge is 0.466 e. The molecule has 1 aromatic heterocycles. The van der Waals surface area contributed by atoms with Crippen LogP contribution in [0.1, 0.15) is 30.0 Å². The molecule has 0 atom stereocenters. The molecule has 0 bridgehead atoms. The number of carbonyl (C=O) groups is 1. The number of carbonyl (C=O) groups excluding carboxylic acids is 1. The van der Waals surface area contributed by atoms with E-state index in [4.69, 9.17) is 17.1 Å². The Bertz CT molecular complexity index is 589. The second kappa shape index (κ2) is 5.73. The van der Waals surface area contributed by atoms with Gasteiger partial charge in [0, 0.05) is 22.1 Å². The molecule has 1 heterocycles. The Morgan fingerprint density at radius 2 is 2.37 bits per heavy atom. The number of nitrogens with zero attached hydrogens (tertiary/aromatic N) is 4. The van der Waals surface area contributed by atoms with Crippen molar-refractivity contribution in [3.63, 3.8) is 0 Å². The van der Waals surface area contributed by atoms with Gasteiger partial charge in [-0.15, -0.1) is 0 Å². The van der Waals surface area contributed by atoms with Crippen LogP contribution >= 0.6 is 11.6 Å². The normalized spacial score (nSPS) is 14.7. The standard InChI is InChI=1S/C12H11ClN4O2/c1-19-12(18)10(16-17-14)6-8-4-5-9(7-2-3-7)15-11(8)13/h4-7H,2-3H2,1H3/b10-6-. The first kappa shape index (κ1) is 13.4. The topological polar surface area (TPSA) is 88.0 Å². The smallest absolute Gasteiger partial charge is 0.340 e. The SMILES string of the molecule is COC(=O)/C(=C/c1ccc(C2CC2)nc1Cl)N=[N+]=[N-]. The molecule has 7 heteroatoms. The molecule has 1 saturated carbocycles. The number of pyridine rings is 1. The van der Waals surface area contributed by atoms with E-state index in [1.54, 1.807) is 6.07 Å². The molecule has 0 spiro atoms. The molecule has 0 aromatic carbocycles. The fourth-order valence-corrected chi connectivity index (χ4v) is 1.82. The summed E-state index contributed by atoms with van der Waals surface area (Å²) in [4.78, 5) is 18.2. The summed E-state index contributed by atoms with van der Waals surface area (Å²) in [5.74, 6) is -0.229. The zero-order valence-electron chi connectivity index (χ0n) is 10.2. The van der Waals surface area contributed by atoms with E-state index < -0.39 is 5.97 Å². The first-order valence-corrected chi connectivity index (χ1v) is 6.05. The summed E-state index contributed by atoms with van der Waals surface area (Å²) in [7, 11) is 1.21.